The highest BCUT2D eigenvalue weighted by Gasteiger charge is 2.08. The monoisotopic (exact) mass is 394 g/mol. The van der Waals surface area contributed by atoms with Crippen LogP contribution >= 0.6 is 23.1 Å². The van der Waals surface area contributed by atoms with E-state index >= 15 is 0 Å². The van der Waals surface area contributed by atoms with Gasteiger partial charge in [-0.2, -0.15) is 5.10 Å². The summed E-state index contributed by atoms with van der Waals surface area (Å²) in [7, 11) is 0. The minimum absolute atomic E-state index is 0.0229. The van der Waals surface area contributed by atoms with Crippen molar-refractivity contribution in [2.75, 3.05) is 12.3 Å². The first kappa shape index (κ1) is 17.8. The average molecular weight is 395 g/mol. The number of amides is 1. The number of carbonyl (C=O) groups is 1. The summed E-state index contributed by atoms with van der Waals surface area (Å²) < 4.78 is 3.92. The molecule has 0 aliphatic heterocycles. The topological polar surface area (TPSA) is 59.8 Å². The van der Waals surface area contributed by atoms with Crippen LogP contribution in [0.2, 0.25) is 0 Å². The average Bonchev–Trinajstić information content (AvgIpc) is 3.34. The number of nitrogens with zero attached hydrogens (tertiary/aromatic N) is 3. The van der Waals surface area contributed by atoms with Gasteiger partial charge >= 0.3 is 0 Å². The molecule has 0 fully saturated rings. The third kappa shape index (κ3) is 4.56. The van der Waals surface area contributed by atoms with E-state index in [2.05, 4.69) is 15.4 Å². The Labute approximate surface area is 165 Å². The van der Waals surface area contributed by atoms with Crippen LogP contribution in [0.15, 0.2) is 71.3 Å². The fourth-order valence-corrected chi connectivity index (χ4v) is 4.55. The van der Waals surface area contributed by atoms with E-state index in [9.17, 15) is 4.79 Å². The molecular weight excluding hydrogens is 376 g/mol. The van der Waals surface area contributed by atoms with Crippen LogP contribution in [-0.4, -0.2) is 33.0 Å². The van der Waals surface area contributed by atoms with Gasteiger partial charge in [0, 0.05) is 12.7 Å². The second-order valence-electron chi connectivity index (χ2n) is 5.96. The summed E-state index contributed by atoms with van der Waals surface area (Å²) in [4.78, 5) is 16.6. The maximum Gasteiger partial charge on any atom is 0.230 e. The zero-order valence-electron chi connectivity index (χ0n) is 14.5. The zero-order chi connectivity index (χ0) is 18.5. The lowest BCUT2D eigenvalue weighted by atomic mass is 10.2. The van der Waals surface area contributed by atoms with Gasteiger partial charge in [-0.25, -0.2) is 9.67 Å². The molecule has 0 radical (unpaired) electrons. The minimum atomic E-state index is 0.0229. The molecule has 4 aromatic rings. The standard InChI is InChI=1S/C20H18N4OS2/c25-19(14-26-20-23-17-8-4-5-9-18(17)27-20)21-11-10-15-12-22-24(13-15)16-6-2-1-3-7-16/h1-9,12-13H,10-11,14H2,(H,21,25). The van der Waals surface area contributed by atoms with E-state index in [1.807, 2.05) is 71.7 Å². The Morgan fingerprint density at radius 3 is 2.78 bits per heavy atom. The zero-order valence-corrected chi connectivity index (χ0v) is 16.2. The van der Waals surface area contributed by atoms with E-state index < -0.39 is 0 Å². The minimum Gasteiger partial charge on any atom is -0.355 e. The maximum atomic E-state index is 12.1. The fourth-order valence-electron chi connectivity index (χ4n) is 2.65. The predicted molar refractivity (Wildman–Crippen MR) is 111 cm³/mol. The number of para-hydroxylation sites is 2. The highest BCUT2D eigenvalue weighted by Crippen LogP contribution is 2.28. The molecule has 1 amide bonds. The van der Waals surface area contributed by atoms with Crippen molar-refractivity contribution in [3.05, 3.63) is 72.6 Å². The second kappa shape index (κ2) is 8.37. The molecule has 0 atom stereocenters. The van der Waals surface area contributed by atoms with Gasteiger partial charge in [-0.15, -0.1) is 11.3 Å². The smallest absolute Gasteiger partial charge is 0.230 e. The molecule has 0 aliphatic carbocycles. The van der Waals surface area contributed by atoms with Gasteiger partial charge in [0.1, 0.15) is 0 Å². The van der Waals surface area contributed by atoms with E-state index in [0.717, 1.165) is 32.2 Å². The number of benzene rings is 2. The quantitative estimate of drug-likeness (QED) is 0.483. The molecule has 0 aliphatic rings. The van der Waals surface area contributed by atoms with Gasteiger partial charge in [0.2, 0.25) is 5.91 Å². The number of nitrogens with one attached hydrogen (secondary N) is 1. The summed E-state index contributed by atoms with van der Waals surface area (Å²) >= 11 is 3.10. The molecule has 0 spiro atoms. The number of fused-ring (bicyclic) bond motifs is 1. The molecule has 27 heavy (non-hydrogen) atoms. The van der Waals surface area contributed by atoms with E-state index in [1.54, 1.807) is 11.3 Å². The molecular formula is C20H18N4OS2. The van der Waals surface area contributed by atoms with Crippen molar-refractivity contribution in [1.29, 1.82) is 0 Å². The number of hydrogen-bond acceptors (Lipinski definition) is 5. The van der Waals surface area contributed by atoms with Gasteiger partial charge in [0.05, 0.1) is 27.9 Å². The number of hydrogen-bond donors (Lipinski definition) is 1. The summed E-state index contributed by atoms with van der Waals surface area (Å²) in [5, 5.41) is 7.34. The maximum absolute atomic E-state index is 12.1. The molecule has 0 saturated carbocycles. The van der Waals surface area contributed by atoms with Crippen LogP contribution in [0.3, 0.4) is 0 Å². The number of carbonyl (C=O) groups excluding carboxylic acids is 1. The highest BCUT2D eigenvalue weighted by atomic mass is 32.2. The van der Waals surface area contributed by atoms with Crippen molar-refractivity contribution < 1.29 is 4.79 Å². The van der Waals surface area contributed by atoms with Gasteiger partial charge in [-0.3, -0.25) is 4.79 Å². The largest absolute Gasteiger partial charge is 0.355 e. The molecule has 0 unspecified atom stereocenters. The van der Waals surface area contributed by atoms with Crippen LogP contribution in [-0.2, 0) is 11.2 Å². The molecule has 136 valence electrons. The Kier molecular flexibility index (Phi) is 5.50. The lowest BCUT2D eigenvalue weighted by Crippen LogP contribution is -2.27. The van der Waals surface area contributed by atoms with Crippen LogP contribution < -0.4 is 5.32 Å². The first-order valence-corrected chi connectivity index (χ1v) is 10.4. The van der Waals surface area contributed by atoms with Crippen LogP contribution in [0.5, 0.6) is 0 Å². The number of thioether (sulfide) groups is 1. The summed E-state index contributed by atoms with van der Waals surface area (Å²) in [5.74, 6) is 0.401. The van der Waals surface area contributed by atoms with Gasteiger partial charge < -0.3 is 5.32 Å². The van der Waals surface area contributed by atoms with Crippen molar-refractivity contribution in [3.8, 4) is 5.69 Å². The molecule has 0 bridgehead atoms. The lowest BCUT2D eigenvalue weighted by molar-refractivity contribution is -0.118. The summed E-state index contributed by atoms with van der Waals surface area (Å²) in [6, 6.07) is 18.0. The molecule has 0 saturated heterocycles. The molecule has 2 heterocycles. The number of rotatable bonds is 7. The van der Waals surface area contributed by atoms with Crippen molar-refractivity contribution in [1.82, 2.24) is 20.1 Å². The summed E-state index contributed by atoms with van der Waals surface area (Å²) in [5.41, 5.74) is 3.11. The van der Waals surface area contributed by atoms with Crippen molar-refractivity contribution in [3.63, 3.8) is 0 Å². The third-order valence-electron chi connectivity index (χ3n) is 3.99. The van der Waals surface area contributed by atoms with Gasteiger partial charge in [-0.05, 0) is 36.2 Å². The van der Waals surface area contributed by atoms with Crippen LogP contribution in [0.1, 0.15) is 5.56 Å². The van der Waals surface area contributed by atoms with Crippen molar-refractivity contribution in [2.45, 2.75) is 10.8 Å². The Bertz CT molecular complexity index is 1010. The SMILES string of the molecule is O=C(CSc1nc2ccccc2s1)NCCc1cnn(-c2ccccc2)c1. The number of aromatic nitrogens is 3. The molecule has 2 aromatic carbocycles. The first-order valence-electron chi connectivity index (χ1n) is 8.62. The molecule has 7 heteroatoms. The lowest BCUT2D eigenvalue weighted by Gasteiger charge is -2.03. The first-order chi connectivity index (χ1) is 13.3. The Hall–Kier alpha value is -2.64. The molecule has 5 nitrogen and oxygen atoms in total. The van der Waals surface area contributed by atoms with Crippen LogP contribution in [0, 0.1) is 0 Å². The predicted octanol–water partition coefficient (Wildman–Crippen LogP) is 3.93. The molecule has 1 N–H and O–H groups in total. The van der Waals surface area contributed by atoms with Crippen LogP contribution in [0.4, 0.5) is 0 Å². The van der Waals surface area contributed by atoms with E-state index in [4.69, 9.17) is 0 Å². The Balaban J connectivity index is 1.23. The van der Waals surface area contributed by atoms with E-state index in [-0.39, 0.29) is 5.91 Å². The molecule has 2 aromatic heterocycles. The van der Waals surface area contributed by atoms with Crippen LogP contribution in [0.25, 0.3) is 15.9 Å². The Morgan fingerprint density at radius 1 is 1.11 bits per heavy atom. The summed E-state index contributed by atoms with van der Waals surface area (Å²) in [6.45, 7) is 0.597. The van der Waals surface area contributed by atoms with Crippen molar-refractivity contribution >= 4 is 39.2 Å². The molecule has 4 rings (SSSR count). The van der Waals surface area contributed by atoms with E-state index in [1.165, 1.54) is 11.8 Å². The summed E-state index contributed by atoms with van der Waals surface area (Å²) in [6.07, 6.45) is 4.59. The van der Waals surface area contributed by atoms with Gasteiger partial charge in [-0.1, -0.05) is 42.1 Å². The number of thiazole rings is 1. The fraction of sp³-hybridized carbons (Fsp3) is 0.150. The van der Waals surface area contributed by atoms with Gasteiger partial charge in [0.25, 0.3) is 0 Å². The highest BCUT2D eigenvalue weighted by molar-refractivity contribution is 8.01. The van der Waals surface area contributed by atoms with E-state index in [0.29, 0.717) is 12.3 Å². The second-order valence-corrected chi connectivity index (χ2v) is 8.22. The van der Waals surface area contributed by atoms with Gasteiger partial charge in [0.15, 0.2) is 4.34 Å². The third-order valence-corrected chi connectivity index (χ3v) is 6.17. The van der Waals surface area contributed by atoms with Crippen molar-refractivity contribution in [2.24, 2.45) is 0 Å². The Morgan fingerprint density at radius 2 is 1.93 bits per heavy atom. The normalized spacial score (nSPS) is 11.0.